The van der Waals surface area contributed by atoms with Crippen molar-refractivity contribution in [3.63, 3.8) is 0 Å². The maximum atomic E-state index is 12.4. The fraction of sp³-hybridized carbons (Fsp3) is 0.238. The highest BCUT2D eigenvalue weighted by atomic mass is 16.6. The van der Waals surface area contributed by atoms with Gasteiger partial charge in [-0.05, 0) is 37.1 Å². The van der Waals surface area contributed by atoms with Crippen molar-refractivity contribution in [2.45, 2.75) is 26.9 Å². The van der Waals surface area contributed by atoms with E-state index in [0.717, 1.165) is 18.1 Å². The summed E-state index contributed by atoms with van der Waals surface area (Å²) in [5.41, 5.74) is 1.07. The van der Waals surface area contributed by atoms with Gasteiger partial charge in [0.05, 0.1) is 17.1 Å². The van der Waals surface area contributed by atoms with Gasteiger partial charge in [0.25, 0.3) is 0 Å². The van der Waals surface area contributed by atoms with Crippen LogP contribution < -0.4 is 10.4 Å². The molecule has 0 bridgehead atoms. The lowest BCUT2D eigenvalue weighted by molar-refractivity contribution is -0.385. The van der Waals surface area contributed by atoms with E-state index < -0.39 is 16.5 Å². The number of aryl methyl sites for hydroxylation is 1. The number of esters is 1. The number of carbonyl (C=O) groups excluding carboxylic acids is 1. The molecule has 29 heavy (non-hydrogen) atoms. The molecule has 3 rings (SSSR count). The van der Waals surface area contributed by atoms with E-state index in [2.05, 4.69) is 0 Å². The molecule has 0 atom stereocenters. The maximum Gasteiger partial charge on any atom is 0.338 e. The topological polar surface area (TPSA) is 109 Å². The third kappa shape index (κ3) is 4.43. The number of hydrogen-bond acceptors (Lipinski definition) is 7. The molecule has 3 aromatic rings. The average molecular weight is 397 g/mol. The molecule has 1 aromatic heterocycles. The zero-order valence-electron chi connectivity index (χ0n) is 16.0. The molecule has 0 spiro atoms. The van der Waals surface area contributed by atoms with Crippen LogP contribution in [0.2, 0.25) is 0 Å². The molecule has 8 heteroatoms. The molecule has 0 saturated carbocycles. The van der Waals surface area contributed by atoms with Gasteiger partial charge < -0.3 is 13.9 Å². The van der Waals surface area contributed by atoms with Crippen LogP contribution in [-0.4, -0.2) is 17.5 Å². The van der Waals surface area contributed by atoms with E-state index in [4.69, 9.17) is 13.9 Å². The first-order valence-electron chi connectivity index (χ1n) is 9.07. The molecular formula is C21H19NO7. The Kier molecular flexibility index (Phi) is 5.92. The van der Waals surface area contributed by atoms with Gasteiger partial charge >= 0.3 is 17.3 Å². The minimum Gasteiger partial charge on any atom is -0.487 e. The summed E-state index contributed by atoms with van der Waals surface area (Å²) in [4.78, 5) is 34.8. The Bertz CT molecular complexity index is 1130. The summed E-state index contributed by atoms with van der Waals surface area (Å²) in [7, 11) is 0. The highest BCUT2D eigenvalue weighted by Gasteiger charge is 2.20. The first kappa shape index (κ1) is 20.1. The first-order valence-corrected chi connectivity index (χ1v) is 9.07. The predicted molar refractivity (Wildman–Crippen MR) is 105 cm³/mol. The van der Waals surface area contributed by atoms with Crippen molar-refractivity contribution in [2.75, 3.05) is 6.61 Å². The molecule has 0 aliphatic heterocycles. The van der Waals surface area contributed by atoms with Crippen molar-refractivity contribution in [1.82, 2.24) is 0 Å². The van der Waals surface area contributed by atoms with Gasteiger partial charge in [0.15, 0.2) is 5.75 Å². The van der Waals surface area contributed by atoms with Crippen LogP contribution >= 0.6 is 0 Å². The number of fused-ring (bicyclic) bond motifs is 1. The summed E-state index contributed by atoms with van der Waals surface area (Å²) in [6.45, 7) is 3.78. The van der Waals surface area contributed by atoms with Gasteiger partial charge in [0.1, 0.15) is 12.2 Å². The van der Waals surface area contributed by atoms with Crippen molar-refractivity contribution >= 4 is 22.6 Å². The standard InChI is InChI=1S/C21H19NO7/c1-3-13-5-7-16-15(11-20(23)29-19(16)9-13)12-28-21(24)14-6-8-18(27-4-2)17(10-14)22(25)26/h5-11H,3-4,12H2,1-2H3. The number of hydrogen-bond donors (Lipinski definition) is 0. The highest BCUT2D eigenvalue weighted by molar-refractivity contribution is 5.91. The number of carbonyl (C=O) groups is 1. The number of ether oxygens (including phenoxy) is 2. The van der Waals surface area contributed by atoms with Gasteiger partial charge in [-0.15, -0.1) is 0 Å². The van der Waals surface area contributed by atoms with Gasteiger partial charge in [0, 0.05) is 23.1 Å². The van der Waals surface area contributed by atoms with Crippen molar-refractivity contribution < 1.29 is 23.6 Å². The van der Waals surface area contributed by atoms with Crippen molar-refractivity contribution in [1.29, 1.82) is 0 Å². The van der Waals surface area contributed by atoms with E-state index in [1.807, 2.05) is 19.1 Å². The van der Waals surface area contributed by atoms with E-state index in [0.29, 0.717) is 16.5 Å². The molecule has 0 aliphatic carbocycles. The van der Waals surface area contributed by atoms with E-state index in [1.165, 1.54) is 18.2 Å². The van der Waals surface area contributed by atoms with Gasteiger partial charge in [0.2, 0.25) is 0 Å². The molecule has 0 N–H and O–H groups in total. The summed E-state index contributed by atoms with van der Waals surface area (Å²) >= 11 is 0. The summed E-state index contributed by atoms with van der Waals surface area (Å²) in [6.07, 6.45) is 0.787. The lowest BCUT2D eigenvalue weighted by atomic mass is 10.1. The van der Waals surface area contributed by atoms with Crippen LogP contribution in [0.5, 0.6) is 5.75 Å². The van der Waals surface area contributed by atoms with E-state index in [1.54, 1.807) is 13.0 Å². The first-order chi connectivity index (χ1) is 13.9. The number of nitro benzene ring substituents is 1. The molecule has 0 radical (unpaired) electrons. The summed E-state index contributed by atoms with van der Waals surface area (Å²) in [5.74, 6) is -0.671. The SMILES string of the molecule is CCOc1ccc(C(=O)OCc2cc(=O)oc3cc(CC)ccc23)cc1[N+](=O)[O-]. The normalized spacial score (nSPS) is 10.7. The van der Waals surface area contributed by atoms with Crippen LogP contribution in [0, 0.1) is 10.1 Å². The molecule has 0 unspecified atom stereocenters. The Morgan fingerprint density at radius 2 is 1.93 bits per heavy atom. The zero-order valence-corrected chi connectivity index (χ0v) is 16.0. The lowest BCUT2D eigenvalue weighted by Gasteiger charge is -2.09. The van der Waals surface area contributed by atoms with Gasteiger partial charge in [-0.2, -0.15) is 0 Å². The largest absolute Gasteiger partial charge is 0.487 e. The summed E-state index contributed by atoms with van der Waals surface area (Å²) < 4.78 is 15.7. The van der Waals surface area contributed by atoms with E-state index in [-0.39, 0.29) is 30.2 Å². The number of nitrogens with zero attached hydrogens (tertiary/aromatic N) is 1. The van der Waals surface area contributed by atoms with Crippen molar-refractivity contribution in [2.24, 2.45) is 0 Å². The Labute approximate surface area is 165 Å². The molecule has 8 nitrogen and oxygen atoms in total. The van der Waals surface area contributed by atoms with Crippen LogP contribution in [0.3, 0.4) is 0 Å². The third-order valence-corrected chi connectivity index (χ3v) is 4.35. The maximum absolute atomic E-state index is 12.4. The van der Waals surface area contributed by atoms with E-state index >= 15 is 0 Å². The molecule has 1 heterocycles. The lowest BCUT2D eigenvalue weighted by Crippen LogP contribution is -2.09. The van der Waals surface area contributed by atoms with Crippen LogP contribution in [0.1, 0.15) is 35.3 Å². The molecule has 0 fully saturated rings. The molecule has 0 aliphatic rings. The second kappa shape index (κ2) is 8.55. The minimum atomic E-state index is -0.747. The quantitative estimate of drug-likeness (QED) is 0.256. The Morgan fingerprint density at radius 1 is 1.14 bits per heavy atom. The number of benzene rings is 2. The van der Waals surface area contributed by atoms with Crippen molar-refractivity contribution in [3.8, 4) is 5.75 Å². The zero-order chi connectivity index (χ0) is 21.0. The van der Waals surface area contributed by atoms with Crippen LogP contribution in [0.4, 0.5) is 5.69 Å². The van der Waals surface area contributed by atoms with Crippen LogP contribution in [0.15, 0.2) is 51.7 Å². The Hall–Kier alpha value is -3.68. The average Bonchev–Trinajstić information content (AvgIpc) is 2.71. The summed E-state index contributed by atoms with van der Waals surface area (Å²) in [5, 5.41) is 11.9. The van der Waals surface area contributed by atoms with Crippen LogP contribution in [0.25, 0.3) is 11.0 Å². The molecule has 0 saturated heterocycles. The molecule has 0 amide bonds. The second-order valence-electron chi connectivity index (χ2n) is 6.22. The van der Waals surface area contributed by atoms with Crippen molar-refractivity contribution in [3.05, 3.63) is 79.7 Å². The number of rotatable bonds is 7. The van der Waals surface area contributed by atoms with Crippen LogP contribution in [-0.2, 0) is 17.8 Å². The van der Waals surface area contributed by atoms with Gasteiger partial charge in [-0.3, -0.25) is 10.1 Å². The number of nitro groups is 1. The molecule has 150 valence electrons. The summed E-state index contributed by atoms with van der Waals surface area (Å²) in [6, 6.07) is 10.6. The fourth-order valence-electron chi connectivity index (χ4n) is 2.90. The van der Waals surface area contributed by atoms with Gasteiger partial charge in [-0.1, -0.05) is 19.1 Å². The fourth-order valence-corrected chi connectivity index (χ4v) is 2.90. The van der Waals surface area contributed by atoms with Gasteiger partial charge in [-0.25, -0.2) is 9.59 Å². The monoisotopic (exact) mass is 397 g/mol. The van der Waals surface area contributed by atoms with E-state index in [9.17, 15) is 19.7 Å². The molecular weight excluding hydrogens is 378 g/mol. The predicted octanol–water partition coefficient (Wildman–Crippen LogP) is 4.02. The minimum absolute atomic E-state index is 0.0145. The Balaban J connectivity index is 1.85. The smallest absolute Gasteiger partial charge is 0.338 e. The second-order valence-corrected chi connectivity index (χ2v) is 6.22. The molecule has 2 aromatic carbocycles. The highest BCUT2D eigenvalue weighted by Crippen LogP contribution is 2.28. The Morgan fingerprint density at radius 3 is 2.62 bits per heavy atom. The third-order valence-electron chi connectivity index (χ3n) is 4.35.